The first-order valence-corrected chi connectivity index (χ1v) is 9.02. The summed E-state index contributed by atoms with van der Waals surface area (Å²) in [6, 6.07) is 8.21. The van der Waals surface area contributed by atoms with Crippen LogP contribution in [0.25, 0.3) is 0 Å². The molecule has 1 aromatic carbocycles. The van der Waals surface area contributed by atoms with Crippen molar-refractivity contribution in [1.82, 2.24) is 5.32 Å². The zero-order valence-corrected chi connectivity index (χ0v) is 16.5. The number of benzene rings is 1. The third-order valence-corrected chi connectivity index (χ3v) is 4.10. The van der Waals surface area contributed by atoms with Gasteiger partial charge >= 0.3 is 12.1 Å². The molecule has 0 aromatic heterocycles. The summed E-state index contributed by atoms with van der Waals surface area (Å²) in [6.07, 6.45) is 1.14. The monoisotopic (exact) mass is 387 g/mol. The molecule has 0 heterocycles. The zero-order chi connectivity index (χ0) is 20.9. The summed E-state index contributed by atoms with van der Waals surface area (Å²) in [5.41, 5.74) is -1.06. The van der Waals surface area contributed by atoms with Crippen molar-refractivity contribution < 1.29 is 23.9 Å². The number of hydrogen-bond acceptors (Lipinski definition) is 6. The fourth-order valence-electron chi connectivity index (χ4n) is 2.57. The van der Waals surface area contributed by atoms with Gasteiger partial charge in [0.15, 0.2) is 6.61 Å². The number of esters is 1. The molecule has 1 aliphatic carbocycles. The standard InChI is InChI=1S/C20H25N3O5/c1-19(2,3)28-18(26)22-15-7-5-6-13(10-15)17(25)27-11-16(24)23-20(4,12-21)14-8-9-14/h5-7,10,14H,8-9,11H2,1-4H3,(H,22,26)(H,23,24)/t20-/m1/s1. The fraction of sp³-hybridized carbons (Fsp3) is 0.500. The summed E-state index contributed by atoms with van der Waals surface area (Å²) in [5.74, 6) is -1.12. The van der Waals surface area contributed by atoms with Gasteiger partial charge in [-0.15, -0.1) is 0 Å². The van der Waals surface area contributed by atoms with E-state index in [9.17, 15) is 19.6 Å². The van der Waals surface area contributed by atoms with Gasteiger partial charge in [-0.3, -0.25) is 10.1 Å². The maximum atomic E-state index is 12.2. The summed E-state index contributed by atoms with van der Waals surface area (Å²) in [6.45, 7) is 6.40. The second-order valence-corrected chi connectivity index (χ2v) is 7.92. The van der Waals surface area contributed by atoms with Crippen LogP contribution in [0.3, 0.4) is 0 Å². The van der Waals surface area contributed by atoms with Crippen LogP contribution in [0.2, 0.25) is 0 Å². The average Bonchev–Trinajstić information content (AvgIpc) is 3.43. The highest BCUT2D eigenvalue weighted by molar-refractivity contribution is 5.94. The third-order valence-electron chi connectivity index (χ3n) is 4.10. The summed E-state index contributed by atoms with van der Waals surface area (Å²) >= 11 is 0. The second-order valence-electron chi connectivity index (χ2n) is 7.92. The maximum absolute atomic E-state index is 12.2. The fourth-order valence-corrected chi connectivity index (χ4v) is 2.57. The number of nitriles is 1. The van der Waals surface area contributed by atoms with Gasteiger partial charge in [-0.1, -0.05) is 6.07 Å². The van der Waals surface area contributed by atoms with E-state index in [-0.39, 0.29) is 11.5 Å². The molecule has 2 amide bonds. The van der Waals surface area contributed by atoms with Crippen LogP contribution in [0.4, 0.5) is 10.5 Å². The lowest BCUT2D eigenvalue weighted by atomic mass is 9.98. The van der Waals surface area contributed by atoms with Gasteiger partial charge in [-0.25, -0.2) is 9.59 Å². The minimum atomic E-state index is -0.944. The number of carbonyl (C=O) groups excluding carboxylic acids is 3. The molecular weight excluding hydrogens is 362 g/mol. The predicted octanol–water partition coefficient (Wildman–Crippen LogP) is 3.00. The lowest BCUT2D eigenvalue weighted by Gasteiger charge is -2.22. The molecule has 28 heavy (non-hydrogen) atoms. The van der Waals surface area contributed by atoms with Gasteiger partial charge in [0, 0.05) is 5.69 Å². The molecule has 1 atom stereocenters. The van der Waals surface area contributed by atoms with Crippen molar-refractivity contribution in [2.75, 3.05) is 11.9 Å². The number of hydrogen-bond donors (Lipinski definition) is 2. The molecule has 1 saturated carbocycles. The summed E-state index contributed by atoms with van der Waals surface area (Å²) in [4.78, 5) is 36.0. The largest absolute Gasteiger partial charge is 0.452 e. The first-order valence-electron chi connectivity index (χ1n) is 9.02. The van der Waals surface area contributed by atoms with Crippen molar-refractivity contribution in [3.63, 3.8) is 0 Å². The number of nitrogens with zero attached hydrogens (tertiary/aromatic N) is 1. The first-order chi connectivity index (χ1) is 13.0. The summed E-state index contributed by atoms with van der Waals surface area (Å²) in [7, 11) is 0. The van der Waals surface area contributed by atoms with Gasteiger partial charge in [0.2, 0.25) is 0 Å². The first kappa shape index (κ1) is 21.2. The van der Waals surface area contributed by atoms with Crippen molar-refractivity contribution in [2.24, 2.45) is 5.92 Å². The molecular formula is C20H25N3O5. The third kappa shape index (κ3) is 6.27. The number of carbonyl (C=O) groups is 3. The molecule has 8 heteroatoms. The van der Waals surface area contributed by atoms with E-state index >= 15 is 0 Å². The van der Waals surface area contributed by atoms with Gasteiger partial charge in [-0.2, -0.15) is 5.26 Å². The van der Waals surface area contributed by atoms with Crippen LogP contribution in [-0.4, -0.2) is 35.7 Å². The van der Waals surface area contributed by atoms with Crippen LogP contribution >= 0.6 is 0 Å². The Morgan fingerprint density at radius 3 is 2.46 bits per heavy atom. The van der Waals surface area contributed by atoms with Gasteiger partial charge in [-0.05, 0) is 64.7 Å². The Labute approximate surface area is 164 Å². The molecule has 150 valence electrons. The molecule has 1 aliphatic rings. The Bertz CT molecular complexity index is 805. The average molecular weight is 387 g/mol. The number of rotatable bonds is 6. The molecule has 2 rings (SSSR count). The molecule has 0 radical (unpaired) electrons. The number of ether oxygens (including phenoxy) is 2. The van der Waals surface area contributed by atoms with E-state index in [4.69, 9.17) is 9.47 Å². The minimum Gasteiger partial charge on any atom is -0.452 e. The normalized spacial score (nSPS) is 15.5. The van der Waals surface area contributed by atoms with E-state index < -0.39 is 35.7 Å². The molecule has 1 aromatic rings. The van der Waals surface area contributed by atoms with Crippen LogP contribution in [0.15, 0.2) is 24.3 Å². The molecule has 0 bridgehead atoms. The Hall–Kier alpha value is -3.08. The second kappa shape index (κ2) is 8.30. The highest BCUT2D eigenvalue weighted by atomic mass is 16.6. The molecule has 0 aliphatic heterocycles. The Morgan fingerprint density at radius 1 is 1.21 bits per heavy atom. The van der Waals surface area contributed by atoms with Gasteiger partial charge in [0.1, 0.15) is 11.1 Å². The number of amides is 2. The quantitative estimate of drug-likeness (QED) is 0.725. The van der Waals surface area contributed by atoms with Gasteiger partial charge in [0.25, 0.3) is 5.91 Å². The lowest BCUT2D eigenvalue weighted by Crippen LogP contribution is -2.48. The van der Waals surface area contributed by atoms with Crippen LogP contribution in [0.1, 0.15) is 50.9 Å². The maximum Gasteiger partial charge on any atom is 0.412 e. The molecule has 0 unspecified atom stereocenters. The van der Waals surface area contributed by atoms with E-state index in [0.29, 0.717) is 5.69 Å². The molecule has 1 fully saturated rings. The number of nitrogens with one attached hydrogen (secondary N) is 2. The van der Waals surface area contributed by atoms with Gasteiger partial charge in [0.05, 0.1) is 11.6 Å². The predicted molar refractivity (Wildman–Crippen MR) is 101 cm³/mol. The van der Waals surface area contributed by atoms with E-state index in [1.165, 1.54) is 12.1 Å². The Morgan fingerprint density at radius 2 is 1.89 bits per heavy atom. The van der Waals surface area contributed by atoms with Crippen LogP contribution in [-0.2, 0) is 14.3 Å². The molecule has 0 spiro atoms. The topological polar surface area (TPSA) is 118 Å². The van der Waals surface area contributed by atoms with Gasteiger partial charge < -0.3 is 14.8 Å². The molecule has 0 saturated heterocycles. The van der Waals surface area contributed by atoms with Crippen molar-refractivity contribution >= 4 is 23.7 Å². The zero-order valence-electron chi connectivity index (χ0n) is 16.5. The number of anilines is 1. The van der Waals surface area contributed by atoms with Crippen molar-refractivity contribution in [3.8, 4) is 6.07 Å². The Kier molecular flexibility index (Phi) is 6.29. The van der Waals surface area contributed by atoms with E-state index in [0.717, 1.165) is 12.8 Å². The van der Waals surface area contributed by atoms with Crippen molar-refractivity contribution in [3.05, 3.63) is 29.8 Å². The highest BCUT2D eigenvalue weighted by Gasteiger charge is 2.43. The van der Waals surface area contributed by atoms with Crippen molar-refractivity contribution in [2.45, 2.75) is 51.7 Å². The Balaban J connectivity index is 1.89. The summed E-state index contributed by atoms with van der Waals surface area (Å²) in [5, 5.41) is 14.4. The van der Waals surface area contributed by atoms with Crippen molar-refractivity contribution in [1.29, 1.82) is 5.26 Å². The van der Waals surface area contributed by atoms with E-state index in [1.54, 1.807) is 39.8 Å². The van der Waals surface area contributed by atoms with E-state index in [2.05, 4.69) is 16.7 Å². The highest BCUT2D eigenvalue weighted by Crippen LogP contribution is 2.39. The summed E-state index contributed by atoms with van der Waals surface area (Å²) < 4.78 is 10.2. The molecule has 8 nitrogen and oxygen atoms in total. The van der Waals surface area contributed by atoms with E-state index in [1.807, 2.05) is 0 Å². The smallest absolute Gasteiger partial charge is 0.412 e. The minimum absolute atomic E-state index is 0.132. The van der Waals surface area contributed by atoms with Crippen LogP contribution < -0.4 is 10.6 Å². The lowest BCUT2D eigenvalue weighted by molar-refractivity contribution is -0.125. The van der Waals surface area contributed by atoms with Crippen LogP contribution in [0.5, 0.6) is 0 Å². The molecule has 2 N–H and O–H groups in total. The van der Waals surface area contributed by atoms with Crippen LogP contribution in [0, 0.1) is 17.2 Å². The SMILES string of the molecule is CC(C)(C)OC(=O)Nc1cccc(C(=O)OCC(=O)N[C@](C)(C#N)C2CC2)c1.